The van der Waals surface area contributed by atoms with Crippen molar-refractivity contribution in [2.45, 2.75) is 6.92 Å². The number of hydrogen-bond donors (Lipinski definition) is 0. The third-order valence-corrected chi connectivity index (χ3v) is 2.76. The van der Waals surface area contributed by atoms with Gasteiger partial charge < -0.3 is 4.74 Å². The number of hydrogen-bond acceptors (Lipinski definition) is 6. The van der Waals surface area contributed by atoms with Crippen LogP contribution < -0.4 is 4.74 Å². The molecule has 0 spiro atoms. The Labute approximate surface area is 123 Å². The zero-order chi connectivity index (χ0) is 15.6. The molecule has 0 aliphatic rings. The lowest BCUT2D eigenvalue weighted by molar-refractivity contribution is -0.386. The summed E-state index contributed by atoms with van der Waals surface area (Å²) >= 11 is 5.66. The molecule has 2 aromatic rings. The summed E-state index contributed by atoms with van der Waals surface area (Å²) in [5, 5.41) is 21.6. The van der Waals surface area contributed by atoms with Crippen LogP contribution >= 0.6 is 11.6 Å². The van der Waals surface area contributed by atoms with Crippen LogP contribution in [0.2, 0.25) is 5.15 Å². The lowest BCUT2D eigenvalue weighted by Gasteiger charge is -2.07. The summed E-state index contributed by atoms with van der Waals surface area (Å²) in [6, 6.07) is 6.59. The molecule has 1 aromatic heterocycles. The number of nitrogens with zero attached hydrogens (tertiary/aromatic N) is 3. The number of ether oxygens (including phenoxy) is 1. The summed E-state index contributed by atoms with van der Waals surface area (Å²) in [6.07, 6.45) is 0. The van der Waals surface area contributed by atoms with Crippen molar-refractivity contribution in [2.75, 3.05) is 0 Å². The van der Waals surface area contributed by atoms with E-state index in [-0.39, 0.29) is 28.2 Å². The van der Waals surface area contributed by atoms with E-state index in [1.165, 1.54) is 6.07 Å². The fourth-order valence-corrected chi connectivity index (χ4v) is 1.87. The standard InChI is InChI=1S/C12H8ClN3O5/c1-7-3-2-4-9(12(7)16(19)20)21-11-6-8(15(17)18)5-10(13)14-11/h2-6H,1H3. The van der Waals surface area contributed by atoms with Crippen LogP contribution in [0.3, 0.4) is 0 Å². The van der Waals surface area contributed by atoms with Gasteiger partial charge in [-0.1, -0.05) is 23.7 Å². The van der Waals surface area contributed by atoms with Gasteiger partial charge in [-0.05, 0) is 13.0 Å². The average molecular weight is 310 g/mol. The van der Waals surface area contributed by atoms with Gasteiger partial charge in [0.25, 0.3) is 5.69 Å². The second-order valence-electron chi connectivity index (χ2n) is 4.02. The number of benzene rings is 1. The Hall–Kier alpha value is -2.74. The number of aryl methyl sites for hydroxylation is 1. The molecule has 0 fully saturated rings. The molecule has 0 N–H and O–H groups in total. The first kappa shape index (κ1) is 14.7. The van der Waals surface area contributed by atoms with E-state index in [1.807, 2.05) is 0 Å². The topological polar surface area (TPSA) is 108 Å². The maximum Gasteiger partial charge on any atom is 0.314 e. The molecule has 0 aliphatic carbocycles. The highest BCUT2D eigenvalue weighted by Gasteiger charge is 2.20. The molecule has 0 atom stereocenters. The first-order chi connectivity index (χ1) is 9.88. The minimum atomic E-state index is -0.662. The third kappa shape index (κ3) is 3.23. The van der Waals surface area contributed by atoms with E-state index in [2.05, 4.69) is 4.98 Å². The van der Waals surface area contributed by atoms with Gasteiger partial charge in [-0.3, -0.25) is 20.2 Å². The molecule has 21 heavy (non-hydrogen) atoms. The zero-order valence-electron chi connectivity index (χ0n) is 10.6. The molecule has 9 heteroatoms. The number of pyridine rings is 1. The average Bonchev–Trinajstić information content (AvgIpc) is 2.37. The van der Waals surface area contributed by atoms with E-state index in [9.17, 15) is 20.2 Å². The second kappa shape index (κ2) is 5.71. The number of nitro groups is 2. The number of para-hydroxylation sites is 1. The Bertz CT molecular complexity index is 735. The lowest BCUT2D eigenvalue weighted by Crippen LogP contribution is -1.98. The predicted molar refractivity (Wildman–Crippen MR) is 73.8 cm³/mol. The van der Waals surface area contributed by atoms with Crippen molar-refractivity contribution in [2.24, 2.45) is 0 Å². The van der Waals surface area contributed by atoms with Crippen molar-refractivity contribution in [3.63, 3.8) is 0 Å². The number of aromatic nitrogens is 1. The first-order valence-electron chi connectivity index (χ1n) is 5.62. The predicted octanol–water partition coefficient (Wildman–Crippen LogP) is 3.65. The van der Waals surface area contributed by atoms with Crippen molar-refractivity contribution in [1.82, 2.24) is 4.98 Å². The van der Waals surface area contributed by atoms with Crippen LogP contribution in [0.15, 0.2) is 30.3 Å². The summed E-state index contributed by atoms with van der Waals surface area (Å²) in [4.78, 5) is 24.3. The minimum absolute atomic E-state index is 0.0657. The van der Waals surface area contributed by atoms with Gasteiger partial charge in [0.05, 0.1) is 22.0 Å². The van der Waals surface area contributed by atoms with E-state index < -0.39 is 9.85 Å². The van der Waals surface area contributed by atoms with Crippen LogP contribution in [0.1, 0.15) is 5.56 Å². The smallest absolute Gasteiger partial charge is 0.314 e. The minimum Gasteiger partial charge on any atom is -0.431 e. The molecule has 0 amide bonds. The molecule has 0 saturated carbocycles. The molecular weight excluding hydrogens is 302 g/mol. The van der Waals surface area contributed by atoms with Crippen LogP contribution in [0.25, 0.3) is 0 Å². The molecule has 1 heterocycles. The van der Waals surface area contributed by atoms with Gasteiger partial charge in [-0.15, -0.1) is 0 Å². The van der Waals surface area contributed by atoms with Crippen molar-refractivity contribution in [3.8, 4) is 11.6 Å². The Balaban J connectivity index is 2.46. The molecule has 8 nitrogen and oxygen atoms in total. The van der Waals surface area contributed by atoms with E-state index >= 15 is 0 Å². The van der Waals surface area contributed by atoms with Crippen LogP contribution in [0.4, 0.5) is 11.4 Å². The summed E-state index contributed by atoms with van der Waals surface area (Å²) in [7, 11) is 0. The molecule has 0 aliphatic heterocycles. The maximum atomic E-state index is 11.0. The van der Waals surface area contributed by atoms with E-state index in [0.717, 1.165) is 12.1 Å². The number of nitro benzene ring substituents is 1. The van der Waals surface area contributed by atoms with Crippen LogP contribution in [-0.4, -0.2) is 14.8 Å². The molecule has 0 bridgehead atoms. The SMILES string of the molecule is Cc1cccc(Oc2cc([N+](=O)[O-])cc(Cl)n2)c1[N+](=O)[O-]. The van der Waals surface area contributed by atoms with Crippen molar-refractivity contribution in [1.29, 1.82) is 0 Å². The van der Waals surface area contributed by atoms with E-state index in [1.54, 1.807) is 19.1 Å². The Morgan fingerprint density at radius 1 is 1.19 bits per heavy atom. The molecule has 0 saturated heterocycles. The Morgan fingerprint density at radius 3 is 2.52 bits per heavy atom. The van der Waals surface area contributed by atoms with Gasteiger partial charge in [-0.2, -0.15) is 0 Å². The third-order valence-electron chi connectivity index (χ3n) is 2.56. The Kier molecular flexibility index (Phi) is 3.99. The Morgan fingerprint density at radius 2 is 1.90 bits per heavy atom. The lowest BCUT2D eigenvalue weighted by atomic mass is 10.2. The van der Waals surface area contributed by atoms with E-state index in [0.29, 0.717) is 5.56 Å². The summed E-state index contributed by atoms with van der Waals surface area (Å²) in [5.41, 5.74) is -0.156. The molecular formula is C12H8ClN3O5. The molecule has 0 unspecified atom stereocenters. The van der Waals surface area contributed by atoms with Crippen molar-refractivity contribution >= 4 is 23.0 Å². The normalized spacial score (nSPS) is 10.2. The second-order valence-corrected chi connectivity index (χ2v) is 4.41. The quantitative estimate of drug-likeness (QED) is 0.484. The van der Waals surface area contributed by atoms with Crippen molar-refractivity contribution in [3.05, 3.63) is 61.3 Å². The fourth-order valence-electron chi connectivity index (χ4n) is 1.68. The summed E-state index contributed by atoms with van der Waals surface area (Å²) < 4.78 is 5.28. The van der Waals surface area contributed by atoms with Gasteiger partial charge in [0.1, 0.15) is 5.15 Å². The van der Waals surface area contributed by atoms with Gasteiger partial charge in [-0.25, -0.2) is 4.98 Å². The molecule has 2 rings (SSSR count). The van der Waals surface area contributed by atoms with Crippen LogP contribution in [0.5, 0.6) is 11.6 Å². The largest absolute Gasteiger partial charge is 0.431 e. The van der Waals surface area contributed by atoms with Crippen LogP contribution in [0, 0.1) is 27.2 Å². The van der Waals surface area contributed by atoms with Crippen molar-refractivity contribution < 1.29 is 14.6 Å². The highest BCUT2D eigenvalue weighted by Crippen LogP contribution is 2.34. The van der Waals surface area contributed by atoms with Gasteiger partial charge in [0.2, 0.25) is 11.6 Å². The molecule has 0 radical (unpaired) electrons. The number of rotatable bonds is 4. The molecule has 1 aromatic carbocycles. The van der Waals surface area contributed by atoms with Gasteiger partial charge in [0, 0.05) is 5.56 Å². The highest BCUT2D eigenvalue weighted by atomic mass is 35.5. The zero-order valence-corrected chi connectivity index (χ0v) is 11.4. The molecule has 108 valence electrons. The highest BCUT2D eigenvalue weighted by molar-refractivity contribution is 6.29. The van der Waals surface area contributed by atoms with Crippen LogP contribution in [-0.2, 0) is 0 Å². The van der Waals surface area contributed by atoms with Gasteiger partial charge >= 0.3 is 5.69 Å². The summed E-state index contributed by atoms with van der Waals surface area (Å²) in [6.45, 7) is 1.55. The van der Waals surface area contributed by atoms with Gasteiger partial charge in [0.15, 0.2) is 0 Å². The van der Waals surface area contributed by atoms with E-state index in [4.69, 9.17) is 16.3 Å². The first-order valence-corrected chi connectivity index (χ1v) is 6.00. The fraction of sp³-hybridized carbons (Fsp3) is 0.0833. The monoisotopic (exact) mass is 309 g/mol. The number of halogens is 1. The maximum absolute atomic E-state index is 11.0. The summed E-state index contributed by atoms with van der Waals surface area (Å²) in [5.74, 6) is -0.257.